The van der Waals surface area contributed by atoms with Crippen LogP contribution in [-0.2, 0) is 4.74 Å². The van der Waals surface area contributed by atoms with Crippen molar-refractivity contribution in [2.75, 3.05) is 0 Å². The summed E-state index contributed by atoms with van der Waals surface area (Å²) >= 11 is 0. The van der Waals surface area contributed by atoms with Gasteiger partial charge >= 0.3 is 6.36 Å². The van der Waals surface area contributed by atoms with E-state index in [2.05, 4.69) is 4.74 Å². The number of halogens is 3. The van der Waals surface area contributed by atoms with Gasteiger partial charge < -0.3 is 9.47 Å². The molecule has 0 spiro atoms. The second-order valence-corrected chi connectivity index (χ2v) is 3.67. The predicted octanol–water partition coefficient (Wildman–Crippen LogP) is 3.27. The minimum absolute atomic E-state index is 0.165. The van der Waals surface area contributed by atoms with Crippen molar-refractivity contribution in [1.82, 2.24) is 0 Å². The summed E-state index contributed by atoms with van der Waals surface area (Å²) in [6, 6.07) is 4.61. The Morgan fingerprint density at radius 2 is 1.88 bits per heavy atom. The van der Waals surface area contributed by atoms with E-state index in [1.807, 2.05) is 6.08 Å². The maximum atomic E-state index is 12.2. The summed E-state index contributed by atoms with van der Waals surface area (Å²) in [6.45, 7) is 0. The largest absolute Gasteiger partial charge is 0.573 e. The number of hydrogen-bond acceptors (Lipinski definition) is 2. The molecule has 1 aromatic carbocycles. The number of benzene rings is 1. The first-order valence-corrected chi connectivity index (χ1v) is 4.77. The first-order valence-electron chi connectivity index (χ1n) is 4.77. The van der Waals surface area contributed by atoms with Crippen LogP contribution >= 0.6 is 0 Å². The quantitative estimate of drug-likeness (QED) is 0.687. The van der Waals surface area contributed by atoms with Crippen LogP contribution in [0.2, 0.25) is 0 Å². The summed E-state index contributed by atoms with van der Waals surface area (Å²) in [5, 5.41) is 0. The van der Waals surface area contributed by atoms with E-state index in [0.717, 1.165) is 5.56 Å². The van der Waals surface area contributed by atoms with Crippen LogP contribution in [0.5, 0.6) is 5.75 Å². The summed E-state index contributed by atoms with van der Waals surface area (Å²) in [4.78, 5) is 0. The van der Waals surface area contributed by atoms with Gasteiger partial charge in [-0.1, -0.05) is 24.3 Å². The molecular weight excluding hydrogens is 221 g/mol. The minimum atomic E-state index is -4.67. The number of alkyl halides is 3. The number of fused-ring (bicyclic) bond motifs is 5. The molecule has 0 unspecified atom stereocenters. The summed E-state index contributed by atoms with van der Waals surface area (Å²) in [6.07, 6.45) is -1.71. The van der Waals surface area contributed by atoms with E-state index in [-0.39, 0.29) is 11.9 Å². The van der Waals surface area contributed by atoms with Crippen LogP contribution in [-0.4, -0.2) is 6.36 Å². The van der Waals surface area contributed by atoms with Gasteiger partial charge in [0.05, 0.1) is 0 Å². The third-order valence-electron chi connectivity index (χ3n) is 2.67. The normalized spacial score (nSPS) is 25.9. The van der Waals surface area contributed by atoms with Crippen molar-refractivity contribution >= 4 is 0 Å². The van der Waals surface area contributed by atoms with Gasteiger partial charge in [0.25, 0.3) is 0 Å². The standard InChI is InChI=1S/C11H7F3O2/c12-11(13,14)16-9-3-1-2-6-7-4-5-8(15-7)10(6)9/h1-5,7-8H/t7-,8+/m1/s1. The average Bonchev–Trinajstić information content (AvgIpc) is 2.75. The minimum Gasteiger partial charge on any atom is -0.405 e. The molecule has 0 N–H and O–H groups in total. The molecular formula is C11H7F3O2. The Labute approximate surface area is 89.3 Å². The molecule has 0 aliphatic carbocycles. The van der Waals surface area contributed by atoms with Gasteiger partial charge in [-0.15, -0.1) is 13.2 Å². The van der Waals surface area contributed by atoms with Crippen molar-refractivity contribution in [2.45, 2.75) is 18.6 Å². The van der Waals surface area contributed by atoms with Crippen molar-refractivity contribution in [1.29, 1.82) is 0 Å². The lowest BCUT2D eigenvalue weighted by atomic mass is 9.96. The highest BCUT2D eigenvalue weighted by molar-refractivity contribution is 5.51. The van der Waals surface area contributed by atoms with Gasteiger partial charge in [-0.25, -0.2) is 0 Å². The van der Waals surface area contributed by atoms with Gasteiger partial charge in [-0.05, 0) is 11.6 Å². The highest BCUT2D eigenvalue weighted by Crippen LogP contribution is 2.50. The van der Waals surface area contributed by atoms with Crippen molar-refractivity contribution in [2.24, 2.45) is 0 Å². The fourth-order valence-electron chi connectivity index (χ4n) is 2.12. The van der Waals surface area contributed by atoms with Gasteiger partial charge in [-0.2, -0.15) is 0 Å². The van der Waals surface area contributed by atoms with Gasteiger partial charge in [0, 0.05) is 5.56 Å². The Kier molecular flexibility index (Phi) is 1.83. The third kappa shape index (κ3) is 1.39. The fraction of sp³-hybridized carbons (Fsp3) is 0.273. The van der Waals surface area contributed by atoms with Crippen LogP contribution in [0.25, 0.3) is 0 Å². The molecule has 0 saturated heterocycles. The van der Waals surface area contributed by atoms with E-state index in [4.69, 9.17) is 4.74 Å². The topological polar surface area (TPSA) is 18.5 Å². The zero-order chi connectivity index (χ0) is 11.3. The SMILES string of the molecule is FC(F)(F)Oc1cccc2c1[C@@H]1C=C[C@H]2O1. The first kappa shape index (κ1) is 9.72. The van der Waals surface area contributed by atoms with Crippen LogP contribution in [0.1, 0.15) is 23.3 Å². The van der Waals surface area contributed by atoms with Gasteiger partial charge in [0.1, 0.15) is 18.0 Å². The summed E-state index contributed by atoms with van der Waals surface area (Å²) in [5.41, 5.74) is 1.25. The Bertz CT molecular complexity index is 465. The molecule has 0 saturated carbocycles. The average molecular weight is 228 g/mol. The first-order chi connectivity index (χ1) is 7.54. The van der Waals surface area contributed by atoms with E-state index in [1.54, 1.807) is 12.1 Å². The van der Waals surface area contributed by atoms with Gasteiger partial charge in [-0.3, -0.25) is 0 Å². The molecule has 2 atom stereocenters. The zero-order valence-corrected chi connectivity index (χ0v) is 7.99. The van der Waals surface area contributed by atoms with E-state index in [0.29, 0.717) is 5.56 Å². The molecule has 0 fully saturated rings. The highest BCUT2D eigenvalue weighted by atomic mass is 19.4. The molecule has 2 aliphatic heterocycles. The number of hydrogen-bond donors (Lipinski definition) is 0. The lowest BCUT2D eigenvalue weighted by molar-refractivity contribution is -0.275. The molecule has 84 valence electrons. The molecule has 2 aliphatic rings. The molecule has 16 heavy (non-hydrogen) atoms. The number of ether oxygens (including phenoxy) is 2. The second kappa shape index (κ2) is 3.01. The van der Waals surface area contributed by atoms with Crippen LogP contribution in [0, 0.1) is 0 Å². The van der Waals surface area contributed by atoms with Crippen LogP contribution in [0.4, 0.5) is 13.2 Å². The van der Waals surface area contributed by atoms with E-state index < -0.39 is 12.5 Å². The maximum Gasteiger partial charge on any atom is 0.573 e. The second-order valence-electron chi connectivity index (χ2n) is 3.67. The molecule has 1 aromatic rings. The highest BCUT2D eigenvalue weighted by Gasteiger charge is 2.39. The molecule has 0 aromatic heterocycles. The number of rotatable bonds is 1. The molecule has 2 bridgehead atoms. The van der Waals surface area contributed by atoms with Crippen LogP contribution in [0.3, 0.4) is 0 Å². The molecule has 2 nitrogen and oxygen atoms in total. The fourth-order valence-corrected chi connectivity index (χ4v) is 2.12. The van der Waals surface area contributed by atoms with Crippen molar-refractivity contribution in [3.63, 3.8) is 0 Å². The lowest BCUT2D eigenvalue weighted by Crippen LogP contribution is -2.18. The van der Waals surface area contributed by atoms with Crippen molar-refractivity contribution in [3.05, 3.63) is 41.5 Å². The Morgan fingerprint density at radius 1 is 1.12 bits per heavy atom. The van der Waals surface area contributed by atoms with Gasteiger partial charge in [0.2, 0.25) is 0 Å². The summed E-state index contributed by atoms with van der Waals surface area (Å²) in [5.74, 6) is -0.165. The molecule has 0 radical (unpaired) electrons. The van der Waals surface area contributed by atoms with Crippen LogP contribution in [0.15, 0.2) is 30.4 Å². The molecule has 3 rings (SSSR count). The Hall–Kier alpha value is -1.49. The molecule has 5 heteroatoms. The third-order valence-corrected chi connectivity index (χ3v) is 2.67. The Balaban J connectivity index is 2.04. The maximum absolute atomic E-state index is 12.2. The zero-order valence-electron chi connectivity index (χ0n) is 7.99. The van der Waals surface area contributed by atoms with E-state index >= 15 is 0 Å². The monoisotopic (exact) mass is 228 g/mol. The van der Waals surface area contributed by atoms with Crippen molar-refractivity contribution in [3.8, 4) is 5.75 Å². The smallest absolute Gasteiger partial charge is 0.405 e. The lowest BCUT2D eigenvalue weighted by Gasteiger charge is -2.15. The van der Waals surface area contributed by atoms with E-state index in [1.165, 1.54) is 12.1 Å². The summed E-state index contributed by atoms with van der Waals surface area (Å²) in [7, 11) is 0. The van der Waals surface area contributed by atoms with E-state index in [9.17, 15) is 13.2 Å². The summed E-state index contributed by atoms with van der Waals surface area (Å²) < 4.78 is 45.9. The van der Waals surface area contributed by atoms with Crippen LogP contribution < -0.4 is 4.74 Å². The molecule has 0 amide bonds. The van der Waals surface area contributed by atoms with Gasteiger partial charge in [0.15, 0.2) is 0 Å². The van der Waals surface area contributed by atoms with Crippen molar-refractivity contribution < 1.29 is 22.6 Å². The molecule has 2 heterocycles. The Morgan fingerprint density at radius 3 is 2.62 bits per heavy atom. The predicted molar refractivity (Wildman–Crippen MR) is 48.8 cm³/mol.